The summed E-state index contributed by atoms with van der Waals surface area (Å²) in [5.41, 5.74) is 7.34. The normalized spacial score (nSPS) is 11.2. The summed E-state index contributed by atoms with van der Waals surface area (Å²) in [4.78, 5) is 14.2. The van der Waals surface area contributed by atoms with Crippen molar-refractivity contribution in [2.24, 2.45) is 11.1 Å². The van der Waals surface area contributed by atoms with Crippen molar-refractivity contribution in [3.8, 4) is 0 Å². The molecule has 0 heterocycles. The van der Waals surface area contributed by atoms with E-state index in [2.05, 4.69) is 19.2 Å². The third kappa shape index (κ3) is 5.21. The fourth-order valence-electron chi connectivity index (χ4n) is 2.02. The zero-order valence-corrected chi connectivity index (χ0v) is 13.1. The number of carbonyl (C=O) groups excluding carboxylic acids is 1. The van der Waals surface area contributed by atoms with Crippen LogP contribution in [-0.4, -0.2) is 33.1 Å². The molecule has 3 N–H and O–H groups in total. The molecule has 0 saturated carbocycles. The number of nitrogens with one attached hydrogen (secondary N) is 1. The van der Waals surface area contributed by atoms with Gasteiger partial charge in [0, 0.05) is 31.9 Å². The van der Waals surface area contributed by atoms with Crippen molar-refractivity contribution in [2.45, 2.75) is 26.7 Å². The van der Waals surface area contributed by atoms with E-state index in [1.807, 2.05) is 43.3 Å². The molecule has 0 fully saturated rings. The van der Waals surface area contributed by atoms with Crippen LogP contribution in [0.5, 0.6) is 0 Å². The Morgan fingerprint density at radius 2 is 2.05 bits per heavy atom. The van der Waals surface area contributed by atoms with Gasteiger partial charge in [0.05, 0.1) is 0 Å². The van der Waals surface area contributed by atoms with Gasteiger partial charge in [0.1, 0.15) is 0 Å². The van der Waals surface area contributed by atoms with Crippen LogP contribution >= 0.6 is 0 Å². The number of hydrogen-bond donors (Lipinski definition) is 2. The third-order valence-electron chi connectivity index (χ3n) is 3.41. The minimum Gasteiger partial charge on any atom is -0.378 e. The van der Waals surface area contributed by atoms with Crippen LogP contribution in [-0.2, 0) is 0 Å². The lowest BCUT2D eigenvalue weighted by Crippen LogP contribution is -2.34. The maximum atomic E-state index is 12.2. The van der Waals surface area contributed by atoms with E-state index in [1.54, 1.807) is 0 Å². The lowest BCUT2D eigenvalue weighted by atomic mass is 9.87. The van der Waals surface area contributed by atoms with Crippen molar-refractivity contribution in [3.05, 3.63) is 29.8 Å². The minimum atomic E-state index is -0.0190. The quantitative estimate of drug-likeness (QED) is 0.803. The van der Waals surface area contributed by atoms with E-state index in [4.69, 9.17) is 5.73 Å². The third-order valence-corrected chi connectivity index (χ3v) is 3.41. The Balaban J connectivity index is 2.61. The maximum Gasteiger partial charge on any atom is 0.251 e. The summed E-state index contributed by atoms with van der Waals surface area (Å²) in [5.74, 6) is -0.0190. The highest BCUT2D eigenvalue weighted by Gasteiger charge is 2.18. The number of amides is 1. The van der Waals surface area contributed by atoms with Gasteiger partial charge in [-0.25, -0.2) is 0 Å². The average Bonchev–Trinajstić information content (AvgIpc) is 2.43. The summed E-state index contributed by atoms with van der Waals surface area (Å²) in [5, 5.41) is 3.02. The predicted octanol–water partition coefficient (Wildman–Crippen LogP) is 2.25. The van der Waals surface area contributed by atoms with Crippen LogP contribution in [0, 0.1) is 5.41 Å². The Bertz CT molecular complexity index is 441. The van der Waals surface area contributed by atoms with Gasteiger partial charge in [0.2, 0.25) is 0 Å². The lowest BCUT2D eigenvalue weighted by Gasteiger charge is -2.24. The molecule has 0 atom stereocenters. The summed E-state index contributed by atoms with van der Waals surface area (Å²) < 4.78 is 0. The number of hydrogen-bond acceptors (Lipinski definition) is 3. The Morgan fingerprint density at radius 3 is 2.65 bits per heavy atom. The van der Waals surface area contributed by atoms with Gasteiger partial charge >= 0.3 is 0 Å². The maximum absolute atomic E-state index is 12.2. The molecular weight excluding hydrogens is 250 g/mol. The molecule has 0 aliphatic rings. The molecule has 0 bridgehead atoms. The van der Waals surface area contributed by atoms with E-state index >= 15 is 0 Å². The van der Waals surface area contributed by atoms with Crippen LogP contribution < -0.4 is 16.0 Å². The van der Waals surface area contributed by atoms with E-state index in [9.17, 15) is 4.79 Å². The highest BCUT2D eigenvalue weighted by Crippen LogP contribution is 2.21. The molecule has 0 aliphatic carbocycles. The Hall–Kier alpha value is -1.55. The van der Waals surface area contributed by atoms with Crippen LogP contribution in [0.1, 0.15) is 37.0 Å². The molecule has 1 rings (SSSR count). The first kappa shape index (κ1) is 16.5. The monoisotopic (exact) mass is 277 g/mol. The van der Waals surface area contributed by atoms with Crippen LogP contribution in [0.4, 0.5) is 5.69 Å². The molecule has 0 spiro atoms. The highest BCUT2D eigenvalue weighted by atomic mass is 16.1. The van der Waals surface area contributed by atoms with E-state index < -0.39 is 0 Å². The lowest BCUT2D eigenvalue weighted by molar-refractivity contribution is 0.0934. The molecule has 0 aliphatic heterocycles. The summed E-state index contributed by atoms with van der Waals surface area (Å²) in [6, 6.07) is 7.64. The summed E-state index contributed by atoms with van der Waals surface area (Å²) in [6.45, 7) is 5.67. The summed E-state index contributed by atoms with van der Waals surface area (Å²) in [7, 11) is 3.93. The van der Waals surface area contributed by atoms with E-state index in [0.29, 0.717) is 18.7 Å². The van der Waals surface area contributed by atoms with Crippen molar-refractivity contribution in [3.63, 3.8) is 0 Å². The molecule has 0 radical (unpaired) electrons. The first-order valence-corrected chi connectivity index (χ1v) is 7.11. The summed E-state index contributed by atoms with van der Waals surface area (Å²) in [6.07, 6.45) is 2.00. The second-order valence-corrected chi connectivity index (χ2v) is 6.18. The molecular formula is C16H27N3O. The Labute approximate surface area is 122 Å². The molecule has 0 aromatic heterocycles. The Morgan fingerprint density at radius 1 is 1.35 bits per heavy atom. The van der Waals surface area contributed by atoms with Crippen molar-refractivity contribution in [1.29, 1.82) is 0 Å². The topological polar surface area (TPSA) is 58.4 Å². The molecule has 112 valence electrons. The number of carbonyl (C=O) groups is 1. The number of nitrogens with zero attached hydrogens (tertiary/aromatic N) is 1. The molecule has 1 amide bonds. The second kappa shape index (κ2) is 7.29. The van der Waals surface area contributed by atoms with Gasteiger partial charge in [-0.05, 0) is 43.0 Å². The SMILES string of the molecule is CN(C)c1cccc(C(=O)NCC(C)(C)CCCN)c1. The van der Waals surface area contributed by atoms with Crippen molar-refractivity contribution < 1.29 is 4.79 Å². The number of benzene rings is 1. The molecule has 20 heavy (non-hydrogen) atoms. The molecule has 4 heteroatoms. The molecule has 0 unspecified atom stereocenters. The second-order valence-electron chi connectivity index (χ2n) is 6.18. The smallest absolute Gasteiger partial charge is 0.251 e. The first-order chi connectivity index (χ1) is 9.35. The zero-order chi connectivity index (χ0) is 15.2. The van der Waals surface area contributed by atoms with Gasteiger partial charge in [-0.3, -0.25) is 4.79 Å². The predicted molar refractivity (Wildman–Crippen MR) is 85.2 cm³/mol. The van der Waals surface area contributed by atoms with E-state index in [1.165, 1.54) is 0 Å². The highest BCUT2D eigenvalue weighted by molar-refractivity contribution is 5.95. The molecule has 4 nitrogen and oxygen atoms in total. The van der Waals surface area contributed by atoms with Crippen LogP contribution in [0.2, 0.25) is 0 Å². The van der Waals surface area contributed by atoms with Crippen LogP contribution in [0.25, 0.3) is 0 Å². The van der Waals surface area contributed by atoms with Gasteiger partial charge in [-0.2, -0.15) is 0 Å². The van der Waals surface area contributed by atoms with Gasteiger partial charge in [-0.1, -0.05) is 19.9 Å². The number of nitrogens with two attached hydrogens (primary N) is 1. The fourth-order valence-corrected chi connectivity index (χ4v) is 2.02. The first-order valence-electron chi connectivity index (χ1n) is 7.11. The van der Waals surface area contributed by atoms with E-state index in [-0.39, 0.29) is 11.3 Å². The van der Waals surface area contributed by atoms with Crippen molar-refractivity contribution in [1.82, 2.24) is 5.32 Å². The van der Waals surface area contributed by atoms with Gasteiger partial charge < -0.3 is 16.0 Å². The standard InChI is InChI=1S/C16H27N3O/c1-16(2,9-6-10-17)12-18-15(20)13-7-5-8-14(11-13)19(3)4/h5,7-8,11H,6,9-10,12,17H2,1-4H3,(H,18,20). The molecule has 0 saturated heterocycles. The fraction of sp³-hybridized carbons (Fsp3) is 0.562. The number of anilines is 1. The average molecular weight is 277 g/mol. The van der Waals surface area contributed by atoms with Crippen LogP contribution in [0.15, 0.2) is 24.3 Å². The van der Waals surface area contributed by atoms with Gasteiger partial charge in [0.15, 0.2) is 0 Å². The minimum absolute atomic E-state index is 0.0190. The van der Waals surface area contributed by atoms with Crippen molar-refractivity contribution >= 4 is 11.6 Å². The van der Waals surface area contributed by atoms with Gasteiger partial charge in [0.25, 0.3) is 5.91 Å². The van der Waals surface area contributed by atoms with E-state index in [0.717, 1.165) is 18.5 Å². The summed E-state index contributed by atoms with van der Waals surface area (Å²) >= 11 is 0. The molecule has 1 aromatic rings. The zero-order valence-electron chi connectivity index (χ0n) is 13.1. The largest absolute Gasteiger partial charge is 0.378 e. The molecule has 1 aromatic carbocycles. The van der Waals surface area contributed by atoms with Gasteiger partial charge in [-0.15, -0.1) is 0 Å². The van der Waals surface area contributed by atoms with Crippen LogP contribution in [0.3, 0.4) is 0 Å². The Kier molecular flexibility index (Phi) is 6.02. The number of rotatable bonds is 7. The van der Waals surface area contributed by atoms with Crippen molar-refractivity contribution in [2.75, 3.05) is 32.1 Å².